The maximum absolute atomic E-state index is 6.96. The van der Waals surface area contributed by atoms with Crippen molar-refractivity contribution in [3.05, 3.63) is 18.1 Å². The van der Waals surface area contributed by atoms with E-state index in [1.54, 1.807) is 0 Å². The molecule has 1 aromatic heterocycles. The molecule has 4 nitrogen and oxygen atoms in total. The molecule has 0 amide bonds. The van der Waals surface area contributed by atoms with Gasteiger partial charge in [0.1, 0.15) is 5.69 Å². The van der Waals surface area contributed by atoms with Gasteiger partial charge >= 0.3 is 0 Å². The molecule has 0 aliphatic carbocycles. The lowest BCUT2D eigenvalue weighted by atomic mass is 10.4. The van der Waals surface area contributed by atoms with Gasteiger partial charge in [-0.3, -0.25) is 5.41 Å². The molecule has 0 radical (unpaired) electrons. The van der Waals surface area contributed by atoms with Crippen LogP contribution in [0.15, 0.2) is 12.4 Å². The van der Waals surface area contributed by atoms with E-state index in [2.05, 4.69) is 9.97 Å². The molecule has 0 saturated carbocycles. The van der Waals surface area contributed by atoms with Crippen LogP contribution in [0.3, 0.4) is 0 Å². The quantitative estimate of drug-likeness (QED) is 0.586. The molecular weight excluding hydrogens is 152 g/mol. The number of nitrogens with zero attached hydrogens (tertiary/aromatic N) is 2. The van der Waals surface area contributed by atoms with Gasteiger partial charge in [0.2, 0.25) is 0 Å². The number of nitrogens with two attached hydrogens (primary N) is 1. The van der Waals surface area contributed by atoms with Gasteiger partial charge in [-0.15, -0.1) is 0 Å². The molecule has 1 aromatic rings. The Morgan fingerprint density at radius 1 is 1.50 bits per heavy atom. The Bertz CT molecular complexity index is 260. The molecule has 0 aliphatic heterocycles. The monoisotopic (exact) mass is 156 g/mol. The van der Waals surface area contributed by atoms with E-state index >= 15 is 0 Å². The molecule has 0 atom stereocenters. The predicted molar refractivity (Wildman–Crippen MR) is 39.1 cm³/mol. The molecule has 0 bridgehead atoms. The average molecular weight is 157 g/mol. The van der Waals surface area contributed by atoms with E-state index in [1.165, 1.54) is 12.4 Å². The minimum atomic E-state index is -0.189. The van der Waals surface area contributed by atoms with E-state index in [0.29, 0.717) is 0 Å². The lowest BCUT2D eigenvalue weighted by Gasteiger charge is -1.96. The molecule has 0 aromatic carbocycles. The molecule has 0 saturated heterocycles. The Hall–Kier alpha value is -1.16. The van der Waals surface area contributed by atoms with Crippen LogP contribution in [0.2, 0.25) is 0 Å². The zero-order chi connectivity index (χ0) is 7.56. The maximum atomic E-state index is 6.96. The van der Waals surface area contributed by atoms with E-state index in [0.717, 1.165) is 0 Å². The summed E-state index contributed by atoms with van der Waals surface area (Å²) in [5, 5.41) is 6.77. The summed E-state index contributed by atoms with van der Waals surface area (Å²) >= 11 is 5.31. The molecule has 1 rings (SSSR count). The van der Waals surface area contributed by atoms with Crippen LogP contribution in [0.4, 0.5) is 5.82 Å². The van der Waals surface area contributed by atoms with Crippen LogP contribution in [0.25, 0.3) is 0 Å². The van der Waals surface area contributed by atoms with Crippen molar-refractivity contribution in [2.24, 2.45) is 0 Å². The summed E-state index contributed by atoms with van der Waals surface area (Å²) in [4.78, 5) is 7.42. The lowest BCUT2D eigenvalue weighted by molar-refractivity contribution is 1.19. The van der Waals surface area contributed by atoms with Crippen LogP contribution < -0.4 is 5.73 Å². The summed E-state index contributed by atoms with van der Waals surface area (Å²) in [7, 11) is 0. The third-order valence-corrected chi connectivity index (χ3v) is 1.11. The highest BCUT2D eigenvalue weighted by Crippen LogP contribution is 2.05. The second kappa shape index (κ2) is 2.62. The van der Waals surface area contributed by atoms with Gasteiger partial charge in [-0.1, -0.05) is 11.6 Å². The largest absolute Gasteiger partial charge is 0.382 e. The van der Waals surface area contributed by atoms with E-state index in [1.807, 2.05) is 0 Å². The molecule has 3 N–H and O–H groups in total. The number of anilines is 1. The van der Waals surface area contributed by atoms with Gasteiger partial charge in [-0.05, 0) is 0 Å². The number of hydrogen-bond acceptors (Lipinski definition) is 4. The van der Waals surface area contributed by atoms with Crippen molar-refractivity contribution in [2.45, 2.75) is 0 Å². The highest BCUT2D eigenvalue weighted by Gasteiger charge is 2.02. The standard InChI is InChI=1S/C5H5ClN4/c6-4(7)3-5(8)10-2-1-9-3/h1-2,7H,(H2,8,10). The first-order valence-corrected chi connectivity index (χ1v) is 2.90. The highest BCUT2D eigenvalue weighted by molar-refractivity contribution is 6.68. The van der Waals surface area contributed by atoms with Gasteiger partial charge in [0.15, 0.2) is 11.0 Å². The fraction of sp³-hybridized carbons (Fsp3) is 0. The summed E-state index contributed by atoms with van der Waals surface area (Å²) in [6.07, 6.45) is 2.88. The fourth-order valence-electron chi connectivity index (χ4n) is 0.518. The van der Waals surface area contributed by atoms with E-state index < -0.39 is 0 Å². The lowest BCUT2D eigenvalue weighted by Crippen LogP contribution is -2.02. The second-order valence-electron chi connectivity index (χ2n) is 1.60. The van der Waals surface area contributed by atoms with Gasteiger partial charge in [0.25, 0.3) is 0 Å². The van der Waals surface area contributed by atoms with Crippen LogP contribution in [0.1, 0.15) is 5.69 Å². The van der Waals surface area contributed by atoms with Crippen molar-refractivity contribution in [3.8, 4) is 0 Å². The van der Waals surface area contributed by atoms with Crippen LogP contribution >= 0.6 is 11.6 Å². The predicted octanol–water partition coefficient (Wildman–Crippen LogP) is 0.623. The number of hydrogen-bond donors (Lipinski definition) is 2. The van der Waals surface area contributed by atoms with Gasteiger partial charge < -0.3 is 5.73 Å². The highest BCUT2D eigenvalue weighted by atomic mass is 35.5. The number of halogens is 1. The van der Waals surface area contributed by atoms with Crippen LogP contribution in [0, 0.1) is 5.41 Å². The van der Waals surface area contributed by atoms with E-state index in [4.69, 9.17) is 22.7 Å². The molecule has 0 spiro atoms. The van der Waals surface area contributed by atoms with Crippen LogP contribution in [0.5, 0.6) is 0 Å². The third-order valence-electron chi connectivity index (χ3n) is 0.934. The molecule has 1 heterocycles. The Kier molecular flexibility index (Phi) is 1.82. The van der Waals surface area contributed by atoms with Gasteiger partial charge in [0, 0.05) is 12.4 Å². The SMILES string of the molecule is N=C(Cl)c1nccnc1N. The molecular formula is C5H5ClN4. The van der Waals surface area contributed by atoms with Crippen molar-refractivity contribution < 1.29 is 0 Å². The zero-order valence-corrected chi connectivity index (χ0v) is 5.76. The van der Waals surface area contributed by atoms with Crippen molar-refractivity contribution in [2.75, 3.05) is 5.73 Å². The number of nitrogen functional groups attached to an aromatic ring is 1. The van der Waals surface area contributed by atoms with Crippen molar-refractivity contribution in [1.82, 2.24) is 9.97 Å². The van der Waals surface area contributed by atoms with Gasteiger partial charge in [0.05, 0.1) is 0 Å². The number of nitrogens with one attached hydrogen (secondary N) is 1. The number of aromatic nitrogens is 2. The minimum absolute atomic E-state index is 0.183. The normalized spacial score (nSPS) is 9.30. The second-order valence-corrected chi connectivity index (χ2v) is 1.98. The van der Waals surface area contributed by atoms with Crippen molar-refractivity contribution in [1.29, 1.82) is 5.41 Å². The van der Waals surface area contributed by atoms with Gasteiger partial charge in [-0.2, -0.15) is 0 Å². The molecule has 10 heavy (non-hydrogen) atoms. The first kappa shape index (κ1) is 6.95. The topological polar surface area (TPSA) is 75.7 Å². The molecule has 0 aliphatic rings. The number of rotatable bonds is 1. The summed E-state index contributed by atoms with van der Waals surface area (Å²) < 4.78 is 0. The van der Waals surface area contributed by atoms with Crippen LogP contribution in [-0.4, -0.2) is 15.1 Å². The average Bonchev–Trinajstić information content (AvgIpc) is 1.88. The molecule has 0 fully saturated rings. The summed E-state index contributed by atoms with van der Waals surface area (Å²) in [5.41, 5.74) is 5.55. The molecule has 52 valence electrons. The zero-order valence-electron chi connectivity index (χ0n) is 5.00. The van der Waals surface area contributed by atoms with Gasteiger partial charge in [-0.25, -0.2) is 9.97 Å². The summed E-state index contributed by atoms with van der Waals surface area (Å²) in [5.74, 6) is 0.183. The third kappa shape index (κ3) is 1.22. The van der Waals surface area contributed by atoms with E-state index in [-0.39, 0.29) is 16.7 Å². The summed E-state index contributed by atoms with van der Waals surface area (Å²) in [6, 6.07) is 0. The minimum Gasteiger partial charge on any atom is -0.382 e. The Morgan fingerprint density at radius 2 is 2.10 bits per heavy atom. The summed E-state index contributed by atoms with van der Waals surface area (Å²) in [6.45, 7) is 0. The maximum Gasteiger partial charge on any atom is 0.152 e. The Labute approximate surface area is 62.6 Å². The smallest absolute Gasteiger partial charge is 0.152 e. The van der Waals surface area contributed by atoms with Crippen LogP contribution in [-0.2, 0) is 0 Å². The van der Waals surface area contributed by atoms with Crippen molar-refractivity contribution >= 4 is 22.6 Å². The van der Waals surface area contributed by atoms with Crippen molar-refractivity contribution in [3.63, 3.8) is 0 Å². The Morgan fingerprint density at radius 3 is 2.50 bits per heavy atom. The molecule has 5 heteroatoms. The first-order valence-electron chi connectivity index (χ1n) is 2.52. The first-order chi connectivity index (χ1) is 4.72. The Balaban J connectivity index is 3.15. The van der Waals surface area contributed by atoms with E-state index in [9.17, 15) is 0 Å². The molecule has 0 unspecified atom stereocenters. The fourth-order valence-corrected chi connectivity index (χ4v) is 0.664.